The van der Waals surface area contributed by atoms with Gasteiger partial charge in [0.05, 0.1) is 0 Å². The molecule has 0 N–H and O–H groups in total. The van der Waals surface area contributed by atoms with Gasteiger partial charge in [-0.2, -0.15) is 0 Å². The second-order valence-electron chi connectivity index (χ2n) is 12.4. The van der Waals surface area contributed by atoms with E-state index in [-0.39, 0.29) is 0 Å². The predicted octanol–water partition coefficient (Wildman–Crippen LogP) is 13.1. The molecule has 218 valence electrons. The fourth-order valence-electron chi connectivity index (χ4n) is 7.90. The molecule has 0 unspecified atom stereocenters. The zero-order chi connectivity index (χ0) is 30.9. The summed E-state index contributed by atoms with van der Waals surface area (Å²) < 4.78 is 6.47. The monoisotopic (exact) mass is 596 g/mol. The van der Waals surface area contributed by atoms with Crippen LogP contribution in [0.1, 0.15) is 0 Å². The summed E-state index contributed by atoms with van der Waals surface area (Å²) in [5.41, 5.74) is 9.84. The summed E-state index contributed by atoms with van der Waals surface area (Å²) in [6.07, 6.45) is 0. The lowest BCUT2D eigenvalue weighted by Gasteiger charge is -2.24. The topological polar surface area (TPSA) is 9.23 Å². The highest BCUT2D eigenvalue weighted by Crippen LogP contribution is 2.51. The van der Waals surface area contributed by atoms with Crippen molar-refractivity contribution in [3.05, 3.63) is 170 Å². The first kappa shape index (κ1) is 26.1. The Morgan fingerprint density at radius 1 is 0.255 bits per heavy atom. The average molecular weight is 597 g/mol. The van der Waals surface area contributed by atoms with E-state index in [1.54, 1.807) is 0 Å². The van der Waals surface area contributed by atoms with E-state index in [0.717, 1.165) is 17.1 Å². The van der Waals surface area contributed by atoms with Crippen molar-refractivity contribution in [1.82, 2.24) is 0 Å². The zero-order valence-electron chi connectivity index (χ0n) is 25.6. The predicted molar refractivity (Wildman–Crippen MR) is 198 cm³/mol. The Hall–Kier alpha value is -6.18. The molecule has 0 saturated carbocycles. The van der Waals surface area contributed by atoms with E-state index in [4.69, 9.17) is 4.74 Å². The van der Waals surface area contributed by atoms with E-state index in [9.17, 15) is 0 Å². The van der Waals surface area contributed by atoms with Crippen LogP contribution in [0.5, 0.6) is 11.5 Å². The number of ether oxygens (including phenoxy) is 1. The van der Waals surface area contributed by atoms with Gasteiger partial charge in [0.1, 0.15) is 11.5 Å². The number of para-hydroxylation sites is 1. The number of rotatable bonds is 3. The maximum atomic E-state index is 6.47. The lowest BCUT2D eigenvalue weighted by Crippen LogP contribution is -1.98. The number of hydrogen-bond acceptors (Lipinski definition) is 1. The molecular weight excluding hydrogens is 569 g/mol. The van der Waals surface area contributed by atoms with Gasteiger partial charge in [-0.05, 0) is 94.8 Å². The van der Waals surface area contributed by atoms with Gasteiger partial charge < -0.3 is 4.74 Å². The third-order valence-corrected chi connectivity index (χ3v) is 9.88. The summed E-state index contributed by atoms with van der Waals surface area (Å²) in [6.45, 7) is 0. The quantitative estimate of drug-likeness (QED) is 0.184. The van der Waals surface area contributed by atoms with Crippen LogP contribution in [0, 0.1) is 0 Å². The van der Waals surface area contributed by atoms with Gasteiger partial charge >= 0.3 is 0 Å². The molecule has 0 spiro atoms. The summed E-state index contributed by atoms with van der Waals surface area (Å²) in [4.78, 5) is 0. The van der Waals surface area contributed by atoms with Crippen molar-refractivity contribution in [2.24, 2.45) is 0 Å². The molecule has 0 aliphatic carbocycles. The molecule has 1 heteroatoms. The molecule has 0 radical (unpaired) electrons. The molecule has 9 aromatic rings. The van der Waals surface area contributed by atoms with Gasteiger partial charge in [-0.3, -0.25) is 0 Å². The maximum Gasteiger partial charge on any atom is 0.135 e. The number of hydrogen-bond donors (Lipinski definition) is 0. The largest absolute Gasteiger partial charge is 0.456 e. The van der Waals surface area contributed by atoms with Crippen LogP contribution in [0.4, 0.5) is 0 Å². The molecule has 0 atom stereocenters. The molecule has 0 saturated heterocycles. The molecule has 1 heterocycles. The third kappa shape index (κ3) is 3.84. The highest BCUT2D eigenvalue weighted by atomic mass is 16.5. The average Bonchev–Trinajstić information content (AvgIpc) is 3.14. The van der Waals surface area contributed by atoms with Crippen molar-refractivity contribution in [2.45, 2.75) is 0 Å². The zero-order valence-corrected chi connectivity index (χ0v) is 25.6. The van der Waals surface area contributed by atoms with E-state index in [0.29, 0.717) is 0 Å². The van der Waals surface area contributed by atoms with Gasteiger partial charge in [0.25, 0.3) is 0 Å². The van der Waals surface area contributed by atoms with Gasteiger partial charge in [-0.25, -0.2) is 0 Å². The molecule has 0 fully saturated rings. The highest BCUT2D eigenvalue weighted by Gasteiger charge is 2.24. The Morgan fingerprint density at radius 2 is 0.723 bits per heavy atom. The first-order valence-corrected chi connectivity index (χ1v) is 16.2. The molecule has 0 bridgehead atoms. The molecule has 1 aliphatic rings. The minimum Gasteiger partial charge on any atom is -0.456 e. The number of fused-ring (bicyclic) bond motifs is 5. The van der Waals surface area contributed by atoms with Crippen molar-refractivity contribution in [3.8, 4) is 56.0 Å². The summed E-state index contributed by atoms with van der Waals surface area (Å²) in [5.74, 6) is 1.82. The Morgan fingerprint density at radius 3 is 1.40 bits per heavy atom. The Labute approximate surface area is 272 Å². The van der Waals surface area contributed by atoms with Crippen LogP contribution in [-0.4, -0.2) is 0 Å². The summed E-state index contributed by atoms with van der Waals surface area (Å²) in [5, 5.41) is 9.89. The van der Waals surface area contributed by atoms with E-state index >= 15 is 0 Å². The smallest absolute Gasteiger partial charge is 0.135 e. The Balaban J connectivity index is 1.30. The lowest BCUT2D eigenvalue weighted by molar-refractivity contribution is 0.487. The fraction of sp³-hybridized carbons (Fsp3) is 0. The summed E-state index contributed by atoms with van der Waals surface area (Å²) in [6, 6.07) is 61.5. The van der Waals surface area contributed by atoms with Gasteiger partial charge in [0.2, 0.25) is 0 Å². The second-order valence-corrected chi connectivity index (χ2v) is 12.4. The number of benzene rings is 9. The molecule has 1 nitrogen and oxygen atoms in total. The van der Waals surface area contributed by atoms with E-state index < -0.39 is 0 Å². The maximum absolute atomic E-state index is 6.47. The molecule has 9 aromatic carbocycles. The van der Waals surface area contributed by atoms with Crippen LogP contribution in [0.25, 0.3) is 87.6 Å². The first-order valence-electron chi connectivity index (χ1n) is 16.2. The molecule has 0 aromatic heterocycles. The SMILES string of the molecule is c1ccc(-c2cccc3c(-c4c5ccccc5c(-c5ccc6c7c(cccc57)-c5ccccc5O6)c5ccccc45)cccc23)cc1. The van der Waals surface area contributed by atoms with Crippen molar-refractivity contribution < 1.29 is 4.74 Å². The molecular formula is C46H28O. The van der Waals surface area contributed by atoms with E-state index in [2.05, 4.69) is 164 Å². The van der Waals surface area contributed by atoms with E-state index in [1.807, 2.05) is 6.07 Å². The second kappa shape index (κ2) is 10.2. The van der Waals surface area contributed by atoms with Gasteiger partial charge in [-0.1, -0.05) is 152 Å². The van der Waals surface area contributed by atoms with Gasteiger partial charge in [0, 0.05) is 10.9 Å². The van der Waals surface area contributed by atoms with Crippen LogP contribution < -0.4 is 4.74 Å². The minimum absolute atomic E-state index is 0.908. The minimum atomic E-state index is 0.908. The van der Waals surface area contributed by atoms with Crippen molar-refractivity contribution in [2.75, 3.05) is 0 Å². The molecule has 10 rings (SSSR count). The van der Waals surface area contributed by atoms with Crippen LogP contribution in [0.15, 0.2) is 170 Å². The van der Waals surface area contributed by atoms with Crippen LogP contribution in [-0.2, 0) is 0 Å². The summed E-state index contributed by atoms with van der Waals surface area (Å²) >= 11 is 0. The van der Waals surface area contributed by atoms with Crippen LogP contribution in [0.3, 0.4) is 0 Å². The van der Waals surface area contributed by atoms with Crippen LogP contribution >= 0.6 is 0 Å². The first-order chi connectivity index (χ1) is 23.3. The normalized spacial score (nSPS) is 12.0. The standard InChI is InChI=1S/C46H28O/c1-2-13-29(14-3-1)30-20-10-22-32-31(30)21-11-23-34(32)44-36-16-4-6-18-38(36)45(39-19-7-5-17-37(39)44)41-27-28-43-46-35(24-12-25-40(41)46)33-15-8-9-26-42(33)47-43/h1-28H. The highest BCUT2D eigenvalue weighted by molar-refractivity contribution is 6.26. The molecule has 47 heavy (non-hydrogen) atoms. The molecule has 1 aliphatic heterocycles. The van der Waals surface area contributed by atoms with Crippen molar-refractivity contribution in [1.29, 1.82) is 0 Å². The van der Waals surface area contributed by atoms with Gasteiger partial charge in [0.15, 0.2) is 0 Å². The Kier molecular flexibility index (Phi) is 5.64. The van der Waals surface area contributed by atoms with Gasteiger partial charge in [-0.15, -0.1) is 0 Å². The van der Waals surface area contributed by atoms with E-state index in [1.165, 1.54) is 82.0 Å². The van der Waals surface area contributed by atoms with Crippen LogP contribution in [0.2, 0.25) is 0 Å². The fourth-order valence-corrected chi connectivity index (χ4v) is 7.90. The Bertz CT molecular complexity index is 2640. The summed E-state index contributed by atoms with van der Waals surface area (Å²) in [7, 11) is 0. The van der Waals surface area contributed by atoms with Crippen molar-refractivity contribution in [3.63, 3.8) is 0 Å². The third-order valence-electron chi connectivity index (χ3n) is 9.88. The molecule has 0 amide bonds. The van der Waals surface area contributed by atoms with Crippen molar-refractivity contribution >= 4 is 43.1 Å². The lowest BCUT2D eigenvalue weighted by atomic mass is 9.82.